The zero-order valence-corrected chi connectivity index (χ0v) is 8.86. The van der Waals surface area contributed by atoms with E-state index >= 15 is 0 Å². The third-order valence-electron chi connectivity index (χ3n) is 2.79. The van der Waals surface area contributed by atoms with Crippen molar-refractivity contribution in [1.29, 1.82) is 0 Å². The van der Waals surface area contributed by atoms with Crippen molar-refractivity contribution in [2.75, 3.05) is 6.54 Å². The molecule has 0 saturated heterocycles. The number of terminal acetylenes is 1. The van der Waals surface area contributed by atoms with Gasteiger partial charge in [0.1, 0.15) is 0 Å². The lowest BCUT2D eigenvalue weighted by atomic mass is 9.94. The Morgan fingerprint density at radius 2 is 2.33 bits per heavy atom. The zero-order chi connectivity index (χ0) is 10.7. The van der Waals surface area contributed by atoms with E-state index in [1.54, 1.807) is 0 Å². The van der Waals surface area contributed by atoms with Gasteiger partial charge in [-0.05, 0) is 18.1 Å². The Morgan fingerprint density at radius 3 is 3.13 bits per heavy atom. The fourth-order valence-electron chi connectivity index (χ4n) is 1.98. The molecule has 2 heteroatoms. The molecule has 1 heterocycles. The van der Waals surface area contributed by atoms with E-state index in [-0.39, 0.29) is 12.1 Å². The minimum absolute atomic E-state index is 0.174. The molecule has 1 N–H and O–H groups in total. The fraction of sp³-hybridized carbons (Fsp3) is 0.385. The summed E-state index contributed by atoms with van der Waals surface area (Å²) in [6.07, 6.45) is 5.43. The van der Waals surface area contributed by atoms with Crippen molar-refractivity contribution in [2.45, 2.75) is 25.7 Å². The summed E-state index contributed by atoms with van der Waals surface area (Å²) in [6.45, 7) is 3.35. The molecule has 2 nitrogen and oxygen atoms in total. The van der Waals surface area contributed by atoms with Crippen molar-refractivity contribution in [3.8, 4) is 12.3 Å². The van der Waals surface area contributed by atoms with Crippen LogP contribution in [-0.2, 0) is 11.3 Å². The molecule has 0 aromatic heterocycles. The van der Waals surface area contributed by atoms with Gasteiger partial charge in [0.25, 0.3) is 0 Å². The van der Waals surface area contributed by atoms with Gasteiger partial charge in [-0.15, -0.1) is 6.42 Å². The first-order valence-corrected chi connectivity index (χ1v) is 5.19. The largest absolute Gasteiger partial charge is 0.372 e. The highest BCUT2D eigenvalue weighted by Crippen LogP contribution is 2.28. The van der Waals surface area contributed by atoms with Gasteiger partial charge in [-0.2, -0.15) is 0 Å². The second-order valence-electron chi connectivity index (χ2n) is 3.78. The fourth-order valence-corrected chi connectivity index (χ4v) is 1.98. The average Bonchev–Trinajstić information content (AvgIpc) is 2.28. The molecular formula is C13H15NO. The van der Waals surface area contributed by atoms with Crippen LogP contribution in [0.25, 0.3) is 0 Å². The number of nitrogens with one attached hydrogen (secondary N) is 1. The maximum Gasteiger partial charge on any atom is 0.0746 e. The van der Waals surface area contributed by atoms with Crippen molar-refractivity contribution >= 4 is 0 Å². The Labute approximate surface area is 90.6 Å². The molecule has 1 aromatic carbocycles. The number of ether oxygens (including phenoxy) is 1. The molecule has 2 rings (SSSR count). The van der Waals surface area contributed by atoms with Crippen molar-refractivity contribution in [3.05, 3.63) is 35.4 Å². The van der Waals surface area contributed by atoms with Crippen LogP contribution in [0.2, 0.25) is 0 Å². The van der Waals surface area contributed by atoms with Crippen LogP contribution in [-0.4, -0.2) is 12.6 Å². The van der Waals surface area contributed by atoms with Crippen molar-refractivity contribution < 1.29 is 4.74 Å². The van der Waals surface area contributed by atoms with Crippen LogP contribution >= 0.6 is 0 Å². The van der Waals surface area contributed by atoms with E-state index in [1.807, 2.05) is 6.07 Å². The predicted octanol–water partition coefficient (Wildman–Crippen LogP) is 1.87. The molecule has 0 fully saturated rings. The average molecular weight is 201 g/mol. The van der Waals surface area contributed by atoms with E-state index in [0.29, 0.717) is 13.2 Å². The van der Waals surface area contributed by atoms with Crippen LogP contribution in [0.4, 0.5) is 0 Å². The highest BCUT2D eigenvalue weighted by Gasteiger charge is 2.25. The summed E-state index contributed by atoms with van der Waals surface area (Å²) in [4.78, 5) is 0. The van der Waals surface area contributed by atoms with Gasteiger partial charge in [-0.3, -0.25) is 5.32 Å². The standard InChI is InChI=1S/C13H15NO/c1-3-8-14-13-10(2)15-9-11-6-4-5-7-12(11)13/h1,4-7,10,13-14H,8-9H2,2H3/t10-,13-/m0/s1. The molecule has 0 saturated carbocycles. The number of benzene rings is 1. The minimum Gasteiger partial charge on any atom is -0.372 e. The summed E-state index contributed by atoms with van der Waals surface area (Å²) >= 11 is 0. The quantitative estimate of drug-likeness (QED) is 0.737. The van der Waals surface area contributed by atoms with Gasteiger partial charge in [-0.25, -0.2) is 0 Å². The summed E-state index contributed by atoms with van der Waals surface area (Å²) in [5.74, 6) is 2.60. The first-order chi connectivity index (χ1) is 7.33. The Hall–Kier alpha value is -1.30. The van der Waals surface area contributed by atoms with Gasteiger partial charge in [0.2, 0.25) is 0 Å². The van der Waals surface area contributed by atoms with Crippen LogP contribution in [0.1, 0.15) is 24.1 Å². The lowest BCUT2D eigenvalue weighted by Crippen LogP contribution is -2.36. The summed E-state index contributed by atoms with van der Waals surface area (Å²) in [5, 5.41) is 3.32. The second-order valence-corrected chi connectivity index (χ2v) is 3.78. The molecule has 1 aromatic rings. The van der Waals surface area contributed by atoms with Crippen LogP contribution < -0.4 is 5.32 Å². The van der Waals surface area contributed by atoms with Gasteiger partial charge in [-0.1, -0.05) is 30.2 Å². The lowest BCUT2D eigenvalue weighted by molar-refractivity contribution is 0.0126. The Bertz CT molecular complexity index is 380. The SMILES string of the molecule is C#CCN[C@@H]1c2ccccc2CO[C@H]1C. The number of fused-ring (bicyclic) bond motifs is 1. The summed E-state index contributed by atoms with van der Waals surface area (Å²) < 4.78 is 5.68. The van der Waals surface area contributed by atoms with E-state index in [2.05, 4.69) is 36.4 Å². The topological polar surface area (TPSA) is 21.3 Å². The van der Waals surface area contributed by atoms with Crippen molar-refractivity contribution in [1.82, 2.24) is 5.32 Å². The van der Waals surface area contributed by atoms with E-state index < -0.39 is 0 Å². The Balaban J connectivity index is 2.25. The number of hydrogen-bond donors (Lipinski definition) is 1. The van der Waals surface area contributed by atoms with Crippen molar-refractivity contribution in [3.63, 3.8) is 0 Å². The highest BCUT2D eigenvalue weighted by atomic mass is 16.5. The van der Waals surface area contributed by atoms with E-state index in [9.17, 15) is 0 Å². The summed E-state index contributed by atoms with van der Waals surface area (Å²) in [6, 6.07) is 8.55. The van der Waals surface area contributed by atoms with E-state index in [1.165, 1.54) is 11.1 Å². The van der Waals surface area contributed by atoms with Crippen LogP contribution in [0.5, 0.6) is 0 Å². The molecule has 1 aliphatic rings. The molecule has 0 spiro atoms. The lowest BCUT2D eigenvalue weighted by Gasteiger charge is -2.31. The third kappa shape index (κ3) is 2.04. The highest BCUT2D eigenvalue weighted by molar-refractivity contribution is 5.32. The van der Waals surface area contributed by atoms with Gasteiger partial charge < -0.3 is 4.74 Å². The van der Waals surface area contributed by atoms with Crippen molar-refractivity contribution in [2.24, 2.45) is 0 Å². The van der Waals surface area contributed by atoms with E-state index in [4.69, 9.17) is 11.2 Å². The van der Waals surface area contributed by atoms with Crippen LogP contribution in [0, 0.1) is 12.3 Å². The maximum absolute atomic E-state index is 5.68. The molecule has 78 valence electrons. The first kappa shape index (κ1) is 10.2. The van der Waals surface area contributed by atoms with E-state index in [0.717, 1.165) is 0 Å². The minimum atomic E-state index is 0.174. The maximum atomic E-state index is 5.68. The number of rotatable bonds is 2. The Kier molecular flexibility index (Phi) is 3.05. The summed E-state index contributed by atoms with van der Waals surface area (Å²) in [5.41, 5.74) is 2.57. The smallest absolute Gasteiger partial charge is 0.0746 e. The van der Waals surface area contributed by atoms with Gasteiger partial charge in [0, 0.05) is 0 Å². The first-order valence-electron chi connectivity index (χ1n) is 5.19. The summed E-state index contributed by atoms with van der Waals surface area (Å²) in [7, 11) is 0. The molecule has 0 bridgehead atoms. The van der Waals surface area contributed by atoms with Gasteiger partial charge in [0.05, 0.1) is 25.3 Å². The molecule has 0 unspecified atom stereocenters. The molecular weight excluding hydrogens is 186 g/mol. The normalized spacial score (nSPS) is 24.3. The Morgan fingerprint density at radius 1 is 1.53 bits per heavy atom. The molecule has 1 aliphatic heterocycles. The predicted molar refractivity (Wildman–Crippen MR) is 60.3 cm³/mol. The van der Waals surface area contributed by atoms with Gasteiger partial charge >= 0.3 is 0 Å². The molecule has 15 heavy (non-hydrogen) atoms. The number of hydrogen-bond acceptors (Lipinski definition) is 2. The third-order valence-corrected chi connectivity index (χ3v) is 2.79. The molecule has 0 amide bonds. The monoisotopic (exact) mass is 201 g/mol. The molecule has 0 radical (unpaired) electrons. The van der Waals surface area contributed by atoms with Crippen LogP contribution in [0.3, 0.4) is 0 Å². The van der Waals surface area contributed by atoms with Gasteiger partial charge in [0.15, 0.2) is 0 Å². The molecule has 0 aliphatic carbocycles. The second kappa shape index (κ2) is 4.48. The molecule has 2 atom stereocenters. The van der Waals surface area contributed by atoms with Crippen LogP contribution in [0.15, 0.2) is 24.3 Å². The zero-order valence-electron chi connectivity index (χ0n) is 8.86.